The highest BCUT2D eigenvalue weighted by atomic mass is 32.2. The molecule has 0 spiro atoms. The van der Waals surface area contributed by atoms with Crippen LogP contribution >= 0.6 is 11.8 Å². The van der Waals surface area contributed by atoms with Crippen molar-refractivity contribution < 1.29 is 13.6 Å². The smallest absolute Gasteiger partial charge is 0.230 e. The summed E-state index contributed by atoms with van der Waals surface area (Å²) >= 11 is 1.34. The summed E-state index contributed by atoms with van der Waals surface area (Å²) in [7, 11) is 0. The van der Waals surface area contributed by atoms with E-state index in [-0.39, 0.29) is 29.3 Å². The zero-order valence-electron chi connectivity index (χ0n) is 16.8. The van der Waals surface area contributed by atoms with Crippen molar-refractivity contribution in [2.45, 2.75) is 24.8 Å². The van der Waals surface area contributed by atoms with Gasteiger partial charge in [0.25, 0.3) is 0 Å². The van der Waals surface area contributed by atoms with Crippen LogP contribution in [0.1, 0.15) is 25.5 Å². The molecule has 0 unspecified atom stereocenters. The van der Waals surface area contributed by atoms with Crippen LogP contribution in [0, 0.1) is 11.6 Å². The van der Waals surface area contributed by atoms with E-state index in [0.29, 0.717) is 0 Å². The zero-order chi connectivity index (χ0) is 20.8. The van der Waals surface area contributed by atoms with E-state index in [1.165, 1.54) is 36.0 Å². The van der Waals surface area contributed by atoms with E-state index >= 15 is 0 Å². The molecule has 0 saturated carbocycles. The number of hydrogen-bond acceptors (Lipinski definition) is 4. The van der Waals surface area contributed by atoms with Gasteiger partial charge in [0, 0.05) is 42.3 Å². The first-order valence-corrected chi connectivity index (χ1v) is 10.9. The second kappa shape index (κ2) is 10.1. The lowest BCUT2D eigenvalue weighted by molar-refractivity contribution is -0.119. The van der Waals surface area contributed by atoms with Gasteiger partial charge in [-0.25, -0.2) is 8.78 Å². The number of thioether (sulfide) groups is 1. The molecule has 7 heteroatoms. The highest BCUT2D eigenvalue weighted by molar-refractivity contribution is 8.00. The molecule has 0 aromatic heterocycles. The lowest BCUT2D eigenvalue weighted by atomic mass is 10.0. The fourth-order valence-electron chi connectivity index (χ4n) is 3.51. The number of piperazine rings is 1. The summed E-state index contributed by atoms with van der Waals surface area (Å²) in [6, 6.07) is 10.5. The van der Waals surface area contributed by atoms with Gasteiger partial charge in [0.1, 0.15) is 11.6 Å². The topological polar surface area (TPSA) is 35.6 Å². The molecular weight excluding hydrogens is 392 g/mol. The quantitative estimate of drug-likeness (QED) is 0.686. The molecule has 1 fully saturated rings. The van der Waals surface area contributed by atoms with Crippen molar-refractivity contribution in [1.82, 2.24) is 10.2 Å². The van der Waals surface area contributed by atoms with Crippen LogP contribution in [-0.2, 0) is 4.79 Å². The Labute approximate surface area is 175 Å². The van der Waals surface area contributed by atoms with Crippen LogP contribution in [0.25, 0.3) is 0 Å². The van der Waals surface area contributed by atoms with Crippen LogP contribution in [0.3, 0.4) is 0 Å². The molecule has 156 valence electrons. The SMILES string of the molecule is CCN1CCN(c2ccc(F)cc2[C@@H](C)NC(=O)CSc2ccc(F)cc2)CC1. The highest BCUT2D eigenvalue weighted by Crippen LogP contribution is 2.28. The molecule has 1 saturated heterocycles. The van der Waals surface area contributed by atoms with Crippen molar-refractivity contribution in [2.24, 2.45) is 0 Å². The second-order valence-corrected chi connectivity index (χ2v) is 8.20. The summed E-state index contributed by atoms with van der Waals surface area (Å²) in [4.78, 5) is 17.9. The number of nitrogens with one attached hydrogen (secondary N) is 1. The Kier molecular flexibility index (Phi) is 7.50. The van der Waals surface area contributed by atoms with Gasteiger partial charge < -0.3 is 15.1 Å². The average molecular weight is 420 g/mol. The fraction of sp³-hybridized carbons (Fsp3) is 0.409. The van der Waals surface area contributed by atoms with Crippen molar-refractivity contribution in [1.29, 1.82) is 0 Å². The number of amides is 1. The molecule has 0 bridgehead atoms. The van der Waals surface area contributed by atoms with Gasteiger partial charge in [0.05, 0.1) is 11.8 Å². The third kappa shape index (κ3) is 5.93. The predicted octanol–water partition coefficient (Wildman–Crippen LogP) is 4.08. The van der Waals surface area contributed by atoms with E-state index in [1.807, 2.05) is 13.0 Å². The molecule has 2 aromatic rings. The van der Waals surface area contributed by atoms with Gasteiger partial charge in [-0.05, 0) is 55.9 Å². The molecule has 4 nitrogen and oxygen atoms in total. The number of anilines is 1. The van der Waals surface area contributed by atoms with E-state index in [4.69, 9.17) is 0 Å². The number of carbonyl (C=O) groups is 1. The van der Waals surface area contributed by atoms with Gasteiger partial charge in [-0.3, -0.25) is 4.79 Å². The monoisotopic (exact) mass is 419 g/mol. The van der Waals surface area contributed by atoms with E-state index in [1.54, 1.807) is 12.1 Å². The number of likely N-dealkylation sites (N-methyl/N-ethyl adjacent to an activating group) is 1. The molecule has 29 heavy (non-hydrogen) atoms. The molecule has 2 aromatic carbocycles. The summed E-state index contributed by atoms with van der Waals surface area (Å²) in [5.74, 6) is -0.531. The van der Waals surface area contributed by atoms with Crippen LogP contribution in [0.15, 0.2) is 47.4 Å². The fourth-order valence-corrected chi connectivity index (χ4v) is 4.22. The molecular formula is C22H27F2N3OS. The molecule has 1 heterocycles. The first-order chi connectivity index (χ1) is 14.0. The maximum Gasteiger partial charge on any atom is 0.230 e. The lowest BCUT2D eigenvalue weighted by Crippen LogP contribution is -2.46. The Bertz CT molecular complexity index is 823. The second-order valence-electron chi connectivity index (χ2n) is 7.16. The number of hydrogen-bond donors (Lipinski definition) is 1. The van der Waals surface area contributed by atoms with Crippen molar-refractivity contribution in [2.75, 3.05) is 43.4 Å². The standard InChI is InChI=1S/C22H27F2N3OS/c1-3-26-10-12-27(13-11-26)21-9-6-18(24)14-20(21)16(2)25-22(28)15-29-19-7-4-17(23)5-8-19/h4-9,14,16H,3,10-13,15H2,1-2H3,(H,25,28)/t16-/m1/s1. The molecule has 1 amide bonds. The minimum atomic E-state index is -0.314. The Hall–Kier alpha value is -2.12. The molecule has 1 N–H and O–H groups in total. The summed E-state index contributed by atoms with van der Waals surface area (Å²) < 4.78 is 26.9. The maximum absolute atomic E-state index is 14.0. The number of nitrogens with zero attached hydrogens (tertiary/aromatic N) is 2. The van der Waals surface area contributed by atoms with Crippen LogP contribution in [0.2, 0.25) is 0 Å². The van der Waals surface area contributed by atoms with Crippen molar-refractivity contribution in [3.63, 3.8) is 0 Å². The van der Waals surface area contributed by atoms with Crippen LogP contribution in [0.4, 0.5) is 14.5 Å². The van der Waals surface area contributed by atoms with Gasteiger partial charge in [0.15, 0.2) is 0 Å². The largest absolute Gasteiger partial charge is 0.369 e. The van der Waals surface area contributed by atoms with Crippen LogP contribution in [-0.4, -0.2) is 49.3 Å². The number of benzene rings is 2. The zero-order valence-corrected chi connectivity index (χ0v) is 17.6. The number of halogens is 2. The molecule has 3 rings (SSSR count). The normalized spacial score (nSPS) is 15.9. The number of carbonyl (C=O) groups excluding carboxylic acids is 1. The minimum absolute atomic E-state index is 0.141. The van der Waals surface area contributed by atoms with Gasteiger partial charge in [0.2, 0.25) is 5.91 Å². The minimum Gasteiger partial charge on any atom is -0.369 e. The summed E-state index contributed by atoms with van der Waals surface area (Å²) in [5, 5.41) is 2.97. The third-order valence-corrected chi connectivity index (χ3v) is 6.19. The van der Waals surface area contributed by atoms with Gasteiger partial charge in [-0.15, -0.1) is 11.8 Å². The third-order valence-electron chi connectivity index (χ3n) is 5.18. The Morgan fingerprint density at radius 3 is 2.38 bits per heavy atom. The van der Waals surface area contributed by atoms with E-state index in [2.05, 4.69) is 22.0 Å². The van der Waals surface area contributed by atoms with Gasteiger partial charge in [-0.2, -0.15) is 0 Å². The molecule has 1 atom stereocenters. The maximum atomic E-state index is 14.0. The summed E-state index contributed by atoms with van der Waals surface area (Å²) in [6.45, 7) is 8.77. The number of rotatable bonds is 7. The van der Waals surface area contributed by atoms with Crippen molar-refractivity contribution >= 4 is 23.4 Å². The first-order valence-electron chi connectivity index (χ1n) is 9.90. The first kappa shape index (κ1) is 21.6. The summed E-state index contributed by atoms with van der Waals surface area (Å²) in [5.41, 5.74) is 1.76. The molecule has 1 aliphatic heterocycles. The van der Waals surface area contributed by atoms with Gasteiger partial charge >= 0.3 is 0 Å². The lowest BCUT2D eigenvalue weighted by Gasteiger charge is -2.37. The van der Waals surface area contributed by atoms with E-state index in [0.717, 1.165) is 48.9 Å². The predicted molar refractivity (Wildman–Crippen MR) is 114 cm³/mol. The van der Waals surface area contributed by atoms with Gasteiger partial charge in [-0.1, -0.05) is 6.92 Å². The average Bonchev–Trinajstić information content (AvgIpc) is 2.73. The van der Waals surface area contributed by atoms with Crippen molar-refractivity contribution in [3.05, 3.63) is 59.7 Å². The molecule has 0 radical (unpaired) electrons. The summed E-state index contributed by atoms with van der Waals surface area (Å²) in [6.07, 6.45) is 0. The van der Waals surface area contributed by atoms with E-state index in [9.17, 15) is 13.6 Å². The van der Waals surface area contributed by atoms with E-state index < -0.39 is 0 Å². The molecule has 0 aliphatic carbocycles. The highest BCUT2D eigenvalue weighted by Gasteiger charge is 2.21. The van der Waals surface area contributed by atoms with Crippen LogP contribution < -0.4 is 10.2 Å². The molecule has 1 aliphatic rings. The Morgan fingerprint density at radius 2 is 1.72 bits per heavy atom. The van der Waals surface area contributed by atoms with Crippen molar-refractivity contribution in [3.8, 4) is 0 Å². The van der Waals surface area contributed by atoms with Crippen LogP contribution in [0.5, 0.6) is 0 Å². The Balaban J connectivity index is 1.63. The Morgan fingerprint density at radius 1 is 1.07 bits per heavy atom.